The van der Waals surface area contributed by atoms with Gasteiger partial charge in [0, 0.05) is 23.5 Å². The smallest absolute Gasteiger partial charge is 0.239 e. The van der Waals surface area contributed by atoms with Crippen LogP contribution in [0.25, 0.3) is 0 Å². The van der Waals surface area contributed by atoms with Crippen molar-refractivity contribution in [1.82, 2.24) is 4.90 Å². The van der Waals surface area contributed by atoms with Crippen molar-refractivity contribution in [3.05, 3.63) is 34.9 Å². The molecule has 2 unspecified atom stereocenters. The number of nitrogens with two attached hydrogens (primary N) is 1. The van der Waals surface area contributed by atoms with E-state index in [0.717, 1.165) is 5.56 Å². The maximum absolute atomic E-state index is 12.3. The number of benzene rings is 1. The first kappa shape index (κ1) is 20.2. The summed E-state index contributed by atoms with van der Waals surface area (Å²) in [5, 5.41) is 11.9. The number of hydrogen-bond acceptors (Lipinski definition) is 3. The number of aliphatic hydroxyl groups is 1. The van der Waals surface area contributed by atoms with Crippen LogP contribution >= 0.6 is 24.0 Å². The second kappa shape index (κ2) is 7.39. The molecule has 1 aliphatic heterocycles. The molecule has 1 aromatic rings. The highest BCUT2D eigenvalue weighted by Crippen LogP contribution is 2.46. The van der Waals surface area contributed by atoms with Crippen LogP contribution in [0.4, 0.5) is 0 Å². The number of hydrogen-bond donors (Lipinski definition) is 2. The standard InChI is InChI=1S/C17H25ClN2O2.ClH/c1-4-14(19)15(21)20-10-9-17(22,16(2,3)11-20)12-5-7-13(18)8-6-12;/h5-8,14,22H,4,9-11,19H2,1-3H3;1H. The lowest BCUT2D eigenvalue weighted by Crippen LogP contribution is -2.58. The van der Waals surface area contributed by atoms with Gasteiger partial charge in [-0.05, 0) is 30.5 Å². The van der Waals surface area contributed by atoms with Crippen molar-refractivity contribution in [2.45, 2.75) is 45.3 Å². The van der Waals surface area contributed by atoms with Gasteiger partial charge in [-0.2, -0.15) is 0 Å². The molecule has 1 fully saturated rings. The van der Waals surface area contributed by atoms with Crippen LogP contribution in [0.3, 0.4) is 0 Å². The lowest BCUT2D eigenvalue weighted by atomic mass is 9.66. The van der Waals surface area contributed by atoms with Crippen molar-refractivity contribution >= 4 is 29.9 Å². The summed E-state index contributed by atoms with van der Waals surface area (Å²) in [7, 11) is 0. The van der Waals surface area contributed by atoms with Gasteiger partial charge in [0.15, 0.2) is 0 Å². The maximum atomic E-state index is 12.3. The Bertz CT molecular complexity index is 548. The van der Waals surface area contributed by atoms with Gasteiger partial charge >= 0.3 is 0 Å². The number of halogens is 2. The van der Waals surface area contributed by atoms with Crippen LogP contribution in [-0.2, 0) is 10.4 Å². The van der Waals surface area contributed by atoms with Gasteiger partial charge < -0.3 is 15.7 Å². The summed E-state index contributed by atoms with van der Waals surface area (Å²) in [5.41, 5.74) is 5.25. The van der Waals surface area contributed by atoms with Gasteiger partial charge in [0.1, 0.15) is 0 Å². The second-order valence-corrected chi connectivity index (χ2v) is 7.21. The Hall–Kier alpha value is -0.810. The van der Waals surface area contributed by atoms with Crippen molar-refractivity contribution in [2.24, 2.45) is 11.1 Å². The summed E-state index contributed by atoms with van der Waals surface area (Å²) < 4.78 is 0. The monoisotopic (exact) mass is 360 g/mol. The van der Waals surface area contributed by atoms with E-state index in [-0.39, 0.29) is 18.3 Å². The van der Waals surface area contributed by atoms with Gasteiger partial charge in [-0.1, -0.05) is 44.5 Å². The summed E-state index contributed by atoms with van der Waals surface area (Å²) in [5.74, 6) is -0.0336. The van der Waals surface area contributed by atoms with E-state index in [4.69, 9.17) is 17.3 Å². The predicted octanol–water partition coefficient (Wildman–Crippen LogP) is 2.95. The average Bonchev–Trinajstić information content (AvgIpc) is 2.49. The summed E-state index contributed by atoms with van der Waals surface area (Å²) in [6, 6.07) is 6.83. The van der Waals surface area contributed by atoms with E-state index >= 15 is 0 Å². The van der Waals surface area contributed by atoms with E-state index in [1.54, 1.807) is 17.0 Å². The molecule has 1 aliphatic rings. The lowest BCUT2D eigenvalue weighted by molar-refractivity contribution is -0.154. The molecule has 3 N–H and O–H groups in total. The van der Waals surface area contributed by atoms with Crippen LogP contribution < -0.4 is 5.73 Å². The van der Waals surface area contributed by atoms with Crippen molar-refractivity contribution < 1.29 is 9.90 Å². The fourth-order valence-corrected chi connectivity index (χ4v) is 3.31. The molecular formula is C17H26Cl2N2O2. The fraction of sp³-hybridized carbons (Fsp3) is 0.588. The average molecular weight is 361 g/mol. The van der Waals surface area contributed by atoms with E-state index in [1.807, 2.05) is 32.9 Å². The fourth-order valence-electron chi connectivity index (χ4n) is 3.18. The number of carbonyl (C=O) groups is 1. The number of amides is 1. The normalized spacial score (nSPS) is 24.7. The molecule has 2 atom stereocenters. The Labute approximate surface area is 149 Å². The Morgan fingerprint density at radius 3 is 2.43 bits per heavy atom. The van der Waals surface area contributed by atoms with Crippen LogP contribution in [0.15, 0.2) is 24.3 Å². The zero-order chi connectivity index (χ0) is 16.5. The maximum Gasteiger partial charge on any atom is 0.239 e. The molecule has 0 aliphatic carbocycles. The molecule has 0 bridgehead atoms. The van der Waals surface area contributed by atoms with Gasteiger partial charge in [-0.15, -0.1) is 12.4 Å². The first-order valence-electron chi connectivity index (χ1n) is 7.74. The molecule has 1 amide bonds. The Kier molecular flexibility index (Phi) is 6.50. The first-order chi connectivity index (χ1) is 10.2. The van der Waals surface area contributed by atoms with Gasteiger partial charge in [0.2, 0.25) is 5.91 Å². The van der Waals surface area contributed by atoms with Crippen LogP contribution in [-0.4, -0.2) is 35.0 Å². The minimum atomic E-state index is -0.981. The number of likely N-dealkylation sites (tertiary alicyclic amines) is 1. The van der Waals surface area contributed by atoms with Crippen LogP contribution in [0.1, 0.15) is 39.2 Å². The van der Waals surface area contributed by atoms with E-state index in [1.165, 1.54) is 0 Å². The number of piperidine rings is 1. The van der Waals surface area contributed by atoms with E-state index in [2.05, 4.69) is 0 Å². The minimum Gasteiger partial charge on any atom is -0.384 e. The van der Waals surface area contributed by atoms with Crippen molar-refractivity contribution in [3.8, 4) is 0 Å². The first-order valence-corrected chi connectivity index (χ1v) is 8.12. The molecule has 1 aromatic carbocycles. The largest absolute Gasteiger partial charge is 0.384 e. The number of rotatable bonds is 3. The highest BCUT2D eigenvalue weighted by molar-refractivity contribution is 6.30. The molecule has 130 valence electrons. The molecule has 4 nitrogen and oxygen atoms in total. The molecule has 23 heavy (non-hydrogen) atoms. The highest BCUT2D eigenvalue weighted by Gasteiger charge is 2.49. The molecule has 0 spiro atoms. The molecule has 0 aromatic heterocycles. The zero-order valence-electron chi connectivity index (χ0n) is 13.9. The third kappa shape index (κ3) is 3.82. The molecule has 1 heterocycles. The van der Waals surface area contributed by atoms with Gasteiger partial charge in [-0.25, -0.2) is 0 Å². The molecular weight excluding hydrogens is 335 g/mol. The minimum absolute atomic E-state index is 0. The summed E-state index contributed by atoms with van der Waals surface area (Å²) in [6.45, 7) is 6.87. The predicted molar refractivity (Wildman–Crippen MR) is 95.8 cm³/mol. The summed E-state index contributed by atoms with van der Waals surface area (Å²) in [4.78, 5) is 14.1. The van der Waals surface area contributed by atoms with Gasteiger partial charge in [0.25, 0.3) is 0 Å². The van der Waals surface area contributed by atoms with Crippen molar-refractivity contribution in [1.29, 1.82) is 0 Å². The van der Waals surface area contributed by atoms with E-state index in [9.17, 15) is 9.90 Å². The molecule has 0 radical (unpaired) electrons. The third-order valence-corrected chi connectivity index (χ3v) is 5.09. The van der Waals surface area contributed by atoms with E-state index in [0.29, 0.717) is 31.0 Å². The summed E-state index contributed by atoms with van der Waals surface area (Å²) in [6.07, 6.45) is 1.11. The van der Waals surface area contributed by atoms with Gasteiger partial charge in [-0.3, -0.25) is 4.79 Å². The quantitative estimate of drug-likeness (QED) is 0.870. The SMILES string of the molecule is CCC(N)C(=O)N1CCC(O)(c2ccc(Cl)cc2)C(C)(C)C1.Cl. The Morgan fingerprint density at radius 1 is 1.39 bits per heavy atom. The van der Waals surface area contributed by atoms with Crippen LogP contribution in [0, 0.1) is 5.41 Å². The van der Waals surface area contributed by atoms with Crippen LogP contribution in [0.2, 0.25) is 5.02 Å². The second-order valence-electron chi connectivity index (χ2n) is 6.78. The third-order valence-electron chi connectivity index (χ3n) is 4.84. The number of nitrogens with zero attached hydrogens (tertiary/aromatic N) is 1. The van der Waals surface area contributed by atoms with E-state index < -0.39 is 17.1 Å². The molecule has 0 saturated carbocycles. The molecule has 6 heteroatoms. The van der Waals surface area contributed by atoms with Gasteiger partial charge in [0.05, 0.1) is 11.6 Å². The van der Waals surface area contributed by atoms with Crippen LogP contribution in [0.5, 0.6) is 0 Å². The topological polar surface area (TPSA) is 66.6 Å². The number of carbonyl (C=O) groups excluding carboxylic acids is 1. The Morgan fingerprint density at radius 2 is 1.96 bits per heavy atom. The molecule has 1 saturated heterocycles. The summed E-state index contributed by atoms with van der Waals surface area (Å²) >= 11 is 5.93. The van der Waals surface area contributed by atoms with Crippen molar-refractivity contribution in [2.75, 3.05) is 13.1 Å². The highest BCUT2D eigenvalue weighted by atomic mass is 35.5. The molecule has 2 rings (SSSR count). The Balaban J connectivity index is 0.00000264. The van der Waals surface area contributed by atoms with Crippen molar-refractivity contribution in [3.63, 3.8) is 0 Å². The zero-order valence-corrected chi connectivity index (χ0v) is 15.5. The lowest BCUT2D eigenvalue weighted by Gasteiger charge is -2.51.